The SMILES string of the molecule is CNC(=O)[C@@H](C)N(Cc1ccc(Cl)cc1)C(=O)CN(c1ccc2c(c1)OCCO2)S(=O)(=O)c1ccccc1. The van der Waals surface area contributed by atoms with Gasteiger partial charge in [-0.05, 0) is 48.9 Å². The first-order valence-corrected chi connectivity index (χ1v) is 13.8. The number of fused-ring (bicyclic) bond motifs is 1. The molecule has 0 saturated carbocycles. The molecule has 38 heavy (non-hydrogen) atoms. The molecule has 3 aromatic carbocycles. The van der Waals surface area contributed by atoms with Crippen LogP contribution in [0.25, 0.3) is 0 Å². The molecule has 1 aliphatic rings. The van der Waals surface area contributed by atoms with Crippen LogP contribution in [0.1, 0.15) is 12.5 Å². The Balaban J connectivity index is 1.73. The van der Waals surface area contributed by atoms with Gasteiger partial charge in [-0.25, -0.2) is 8.42 Å². The van der Waals surface area contributed by atoms with E-state index in [0.717, 1.165) is 9.87 Å². The highest BCUT2D eigenvalue weighted by molar-refractivity contribution is 7.92. The van der Waals surface area contributed by atoms with Crippen LogP contribution in [0.4, 0.5) is 5.69 Å². The average Bonchev–Trinajstić information content (AvgIpc) is 2.94. The van der Waals surface area contributed by atoms with Gasteiger partial charge in [0.25, 0.3) is 10.0 Å². The fourth-order valence-corrected chi connectivity index (χ4v) is 5.57. The number of ether oxygens (including phenoxy) is 2. The lowest BCUT2D eigenvalue weighted by atomic mass is 10.1. The molecular weight excluding hydrogens is 530 g/mol. The summed E-state index contributed by atoms with van der Waals surface area (Å²) in [6.45, 7) is 1.82. The number of hydrogen-bond donors (Lipinski definition) is 1. The highest BCUT2D eigenvalue weighted by atomic mass is 35.5. The molecule has 1 atom stereocenters. The predicted molar refractivity (Wildman–Crippen MR) is 144 cm³/mol. The van der Waals surface area contributed by atoms with Crippen molar-refractivity contribution in [3.05, 3.63) is 83.4 Å². The van der Waals surface area contributed by atoms with E-state index in [0.29, 0.717) is 29.7 Å². The normalized spacial score (nSPS) is 13.3. The molecule has 0 aliphatic carbocycles. The van der Waals surface area contributed by atoms with E-state index in [-0.39, 0.29) is 23.0 Å². The summed E-state index contributed by atoms with van der Waals surface area (Å²) in [5, 5.41) is 3.09. The number of carbonyl (C=O) groups excluding carboxylic acids is 2. The minimum atomic E-state index is -4.17. The van der Waals surface area contributed by atoms with Gasteiger partial charge in [-0.2, -0.15) is 0 Å². The second-order valence-electron chi connectivity index (χ2n) is 8.59. The summed E-state index contributed by atoms with van der Waals surface area (Å²) in [7, 11) is -2.69. The Morgan fingerprint density at radius 2 is 1.63 bits per heavy atom. The summed E-state index contributed by atoms with van der Waals surface area (Å²) >= 11 is 6.00. The second kappa shape index (κ2) is 11.7. The first-order chi connectivity index (χ1) is 18.2. The van der Waals surface area contributed by atoms with E-state index in [2.05, 4.69) is 5.32 Å². The van der Waals surface area contributed by atoms with E-state index in [1.54, 1.807) is 61.5 Å². The van der Waals surface area contributed by atoms with Gasteiger partial charge in [0, 0.05) is 24.7 Å². The first kappa shape index (κ1) is 27.3. The summed E-state index contributed by atoms with van der Waals surface area (Å²) in [5.74, 6) is -0.0817. The van der Waals surface area contributed by atoms with E-state index < -0.39 is 28.5 Å². The van der Waals surface area contributed by atoms with Gasteiger partial charge in [0.2, 0.25) is 11.8 Å². The Hall–Kier alpha value is -3.76. The van der Waals surface area contributed by atoms with Gasteiger partial charge in [-0.1, -0.05) is 41.9 Å². The summed E-state index contributed by atoms with van der Waals surface area (Å²) in [4.78, 5) is 27.7. The predicted octanol–water partition coefficient (Wildman–Crippen LogP) is 3.47. The van der Waals surface area contributed by atoms with Gasteiger partial charge in [0.1, 0.15) is 25.8 Å². The Morgan fingerprint density at radius 3 is 2.29 bits per heavy atom. The number of amides is 2. The van der Waals surface area contributed by atoms with E-state index in [9.17, 15) is 18.0 Å². The van der Waals surface area contributed by atoms with Crippen molar-refractivity contribution in [1.82, 2.24) is 10.2 Å². The van der Waals surface area contributed by atoms with Crippen LogP contribution in [-0.2, 0) is 26.2 Å². The molecule has 3 aromatic rings. The smallest absolute Gasteiger partial charge is 0.264 e. The van der Waals surface area contributed by atoms with Crippen molar-refractivity contribution in [2.45, 2.75) is 24.4 Å². The molecule has 9 nitrogen and oxygen atoms in total. The topological polar surface area (TPSA) is 105 Å². The average molecular weight is 558 g/mol. The van der Waals surface area contributed by atoms with Crippen LogP contribution in [0.15, 0.2) is 77.7 Å². The van der Waals surface area contributed by atoms with E-state index in [1.165, 1.54) is 30.1 Å². The Morgan fingerprint density at radius 1 is 0.974 bits per heavy atom. The molecule has 200 valence electrons. The molecule has 0 radical (unpaired) electrons. The van der Waals surface area contributed by atoms with Gasteiger partial charge in [0.15, 0.2) is 11.5 Å². The number of likely N-dealkylation sites (N-methyl/N-ethyl adjacent to an activating group) is 1. The number of benzene rings is 3. The quantitative estimate of drug-likeness (QED) is 0.432. The lowest BCUT2D eigenvalue weighted by Crippen LogP contribution is -2.50. The van der Waals surface area contributed by atoms with Crippen LogP contribution in [-0.4, -0.2) is 58.0 Å². The minimum Gasteiger partial charge on any atom is -0.486 e. The molecule has 0 saturated heterocycles. The molecule has 0 spiro atoms. The zero-order chi connectivity index (χ0) is 27.3. The number of anilines is 1. The number of hydrogen-bond acceptors (Lipinski definition) is 6. The number of halogens is 1. The number of nitrogens with zero attached hydrogens (tertiary/aromatic N) is 2. The number of nitrogens with one attached hydrogen (secondary N) is 1. The molecule has 4 rings (SSSR count). The fraction of sp³-hybridized carbons (Fsp3) is 0.259. The third-order valence-corrected chi connectivity index (χ3v) is 8.14. The first-order valence-electron chi connectivity index (χ1n) is 11.9. The van der Waals surface area contributed by atoms with Crippen molar-refractivity contribution >= 4 is 39.1 Å². The summed E-state index contributed by atoms with van der Waals surface area (Å²) in [6, 6.07) is 18.6. The standard InChI is InChI=1S/C27H28ClN3O6S/c1-19(27(33)29-2)30(17-20-8-10-21(28)11-9-20)26(32)18-31(38(34,35)23-6-4-3-5-7-23)22-12-13-24-25(16-22)37-15-14-36-24/h3-13,16,19H,14-15,17-18H2,1-2H3,(H,29,33)/t19-/m1/s1. The minimum absolute atomic E-state index is 0.0197. The van der Waals surface area contributed by atoms with Crippen molar-refractivity contribution < 1.29 is 27.5 Å². The van der Waals surface area contributed by atoms with Gasteiger partial charge < -0.3 is 19.7 Å². The Labute approximate surface area is 227 Å². The molecule has 0 aromatic heterocycles. The second-order valence-corrected chi connectivity index (χ2v) is 10.9. The molecule has 1 heterocycles. The molecule has 0 fully saturated rings. The largest absolute Gasteiger partial charge is 0.486 e. The van der Waals surface area contributed by atoms with Crippen LogP contribution < -0.4 is 19.1 Å². The summed E-state index contributed by atoms with van der Waals surface area (Å²) < 4.78 is 39.9. The maximum absolute atomic E-state index is 13.8. The Bertz CT molecular complexity index is 1400. The van der Waals surface area contributed by atoms with Crippen molar-refractivity contribution in [2.24, 2.45) is 0 Å². The molecule has 1 aliphatic heterocycles. The number of carbonyl (C=O) groups is 2. The van der Waals surface area contributed by atoms with Crippen molar-refractivity contribution in [1.29, 1.82) is 0 Å². The monoisotopic (exact) mass is 557 g/mol. The summed E-state index contributed by atoms with van der Waals surface area (Å²) in [5.41, 5.74) is 0.959. The van der Waals surface area contributed by atoms with E-state index in [1.807, 2.05) is 0 Å². The number of sulfonamides is 1. The highest BCUT2D eigenvalue weighted by Crippen LogP contribution is 2.36. The molecule has 1 N–H and O–H groups in total. The molecule has 0 bridgehead atoms. The van der Waals surface area contributed by atoms with Crippen molar-refractivity contribution in [3.63, 3.8) is 0 Å². The maximum atomic E-state index is 13.8. The summed E-state index contributed by atoms with van der Waals surface area (Å²) in [6.07, 6.45) is 0. The zero-order valence-corrected chi connectivity index (χ0v) is 22.5. The van der Waals surface area contributed by atoms with Crippen LogP contribution in [0.2, 0.25) is 5.02 Å². The van der Waals surface area contributed by atoms with E-state index in [4.69, 9.17) is 21.1 Å². The van der Waals surface area contributed by atoms with Gasteiger partial charge in [-0.3, -0.25) is 13.9 Å². The van der Waals surface area contributed by atoms with Gasteiger partial charge >= 0.3 is 0 Å². The van der Waals surface area contributed by atoms with Crippen LogP contribution in [0.3, 0.4) is 0 Å². The molecule has 0 unspecified atom stereocenters. The lowest BCUT2D eigenvalue weighted by Gasteiger charge is -2.32. The Kier molecular flexibility index (Phi) is 8.43. The third kappa shape index (κ3) is 6.03. The third-order valence-electron chi connectivity index (χ3n) is 6.10. The van der Waals surface area contributed by atoms with Gasteiger partial charge in [0.05, 0.1) is 10.6 Å². The molecule has 11 heteroatoms. The van der Waals surface area contributed by atoms with Gasteiger partial charge in [-0.15, -0.1) is 0 Å². The highest BCUT2D eigenvalue weighted by Gasteiger charge is 2.33. The fourth-order valence-electron chi connectivity index (χ4n) is 4.01. The van der Waals surface area contributed by atoms with Crippen molar-refractivity contribution in [3.8, 4) is 11.5 Å². The van der Waals surface area contributed by atoms with Crippen LogP contribution >= 0.6 is 11.6 Å². The maximum Gasteiger partial charge on any atom is 0.264 e. The van der Waals surface area contributed by atoms with E-state index >= 15 is 0 Å². The molecule has 2 amide bonds. The number of rotatable bonds is 9. The lowest BCUT2D eigenvalue weighted by molar-refractivity contribution is -0.139. The van der Waals surface area contributed by atoms with Crippen LogP contribution in [0.5, 0.6) is 11.5 Å². The molecular formula is C27H28ClN3O6S. The van der Waals surface area contributed by atoms with Crippen LogP contribution in [0, 0.1) is 0 Å². The van der Waals surface area contributed by atoms with Crippen molar-refractivity contribution in [2.75, 3.05) is 31.1 Å². The zero-order valence-electron chi connectivity index (χ0n) is 21.0.